The number of hydrogen-bond acceptors (Lipinski definition) is 7. The number of nitrogens with zero attached hydrogens (tertiary/aromatic N) is 6. The summed E-state index contributed by atoms with van der Waals surface area (Å²) in [6.45, 7) is 7.31. The number of aromatic nitrogens is 4. The molecule has 2 aliphatic rings. The quantitative estimate of drug-likeness (QED) is 0.835. The molecule has 4 heterocycles. The molecule has 2 fully saturated rings. The van der Waals surface area contributed by atoms with E-state index in [1.165, 1.54) is 0 Å². The Morgan fingerprint density at radius 2 is 1.96 bits per heavy atom. The third-order valence-electron chi connectivity index (χ3n) is 4.99. The Balaban J connectivity index is 1.38. The Morgan fingerprint density at radius 1 is 1.17 bits per heavy atom. The van der Waals surface area contributed by atoms with Gasteiger partial charge in [0.15, 0.2) is 0 Å². The standard InChI is InChI=1S/C17H22N6O/c1-12-5-18-11-20-16(12)23-8-13-6-22(7-14(13)9-23)10-15-3-4-19-17(21-15)24-2/h3-5,11,13-14H,6-10H2,1-2H3. The first-order valence-corrected chi connectivity index (χ1v) is 8.32. The van der Waals surface area contributed by atoms with Crippen molar-refractivity contribution in [2.24, 2.45) is 11.8 Å². The Hall–Kier alpha value is -2.28. The minimum absolute atomic E-state index is 0.442. The molecule has 2 atom stereocenters. The van der Waals surface area contributed by atoms with Crippen LogP contribution in [0.1, 0.15) is 11.3 Å². The average Bonchev–Trinajstić information content (AvgIpc) is 3.14. The molecule has 7 nitrogen and oxygen atoms in total. The summed E-state index contributed by atoms with van der Waals surface area (Å²) in [6, 6.07) is 2.41. The second kappa shape index (κ2) is 6.32. The first kappa shape index (κ1) is 15.3. The second-order valence-corrected chi connectivity index (χ2v) is 6.68. The van der Waals surface area contributed by atoms with Crippen LogP contribution in [0.15, 0.2) is 24.8 Å². The third kappa shape index (κ3) is 2.91. The lowest BCUT2D eigenvalue weighted by Crippen LogP contribution is -2.29. The Bertz CT molecular complexity index is 710. The normalized spacial score (nSPS) is 23.5. The van der Waals surface area contributed by atoms with Crippen LogP contribution in [0.5, 0.6) is 6.01 Å². The molecule has 0 aliphatic carbocycles. The number of methoxy groups -OCH3 is 1. The number of likely N-dealkylation sites (tertiary alicyclic amines) is 1. The summed E-state index contributed by atoms with van der Waals surface area (Å²) in [5, 5.41) is 0. The van der Waals surface area contributed by atoms with Crippen LogP contribution in [-0.4, -0.2) is 58.1 Å². The van der Waals surface area contributed by atoms with E-state index in [2.05, 4.69) is 36.7 Å². The molecule has 0 spiro atoms. The lowest BCUT2D eigenvalue weighted by atomic mass is 10.0. The maximum atomic E-state index is 5.11. The summed E-state index contributed by atoms with van der Waals surface area (Å²) in [6.07, 6.45) is 5.30. The molecule has 2 aromatic rings. The van der Waals surface area contributed by atoms with Crippen molar-refractivity contribution in [3.8, 4) is 6.01 Å². The molecule has 126 valence electrons. The fourth-order valence-corrected chi connectivity index (χ4v) is 3.91. The van der Waals surface area contributed by atoms with Gasteiger partial charge in [0, 0.05) is 50.7 Å². The van der Waals surface area contributed by atoms with E-state index < -0.39 is 0 Å². The zero-order valence-corrected chi connectivity index (χ0v) is 14.1. The summed E-state index contributed by atoms with van der Waals surface area (Å²) < 4.78 is 5.11. The molecule has 0 bridgehead atoms. The number of fused-ring (bicyclic) bond motifs is 1. The van der Waals surface area contributed by atoms with Crippen molar-refractivity contribution in [2.75, 3.05) is 38.2 Å². The highest BCUT2D eigenvalue weighted by Crippen LogP contribution is 2.34. The van der Waals surface area contributed by atoms with Gasteiger partial charge in [-0.3, -0.25) is 4.90 Å². The number of rotatable bonds is 4. The highest BCUT2D eigenvalue weighted by atomic mass is 16.5. The summed E-state index contributed by atoms with van der Waals surface area (Å²) in [7, 11) is 1.60. The molecule has 4 rings (SSSR count). The van der Waals surface area contributed by atoms with E-state index in [9.17, 15) is 0 Å². The first-order chi connectivity index (χ1) is 11.7. The molecule has 0 radical (unpaired) electrons. The van der Waals surface area contributed by atoms with Gasteiger partial charge >= 0.3 is 6.01 Å². The molecule has 0 aromatic carbocycles. The molecule has 2 aromatic heterocycles. The van der Waals surface area contributed by atoms with Gasteiger partial charge in [0.1, 0.15) is 12.1 Å². The molecule has 0 saturated carbocycles. The number of anilines is 1. The predicted octanol–water partition coefficient (Wildman–Crippen LogP) is 1.15. The van der Waals surface area contributed by atoms with Crippen LogP contribution in [-0.2, 0) is 6.54 Å². The van der Waals surface area contributed by atoms with Crippen molar-refractivity contribution in [2.45, 2.75) is 13.5 Å². The van der Waals surface area contributed by atoms with E-state index in [0.29, 0.717) is 17.8 Å². The van der Waals surface area contributed by atoms with Crippen LogP contribution >= 0.6 is 0 Å². The molecule has 7 heteroatoms. The SMILES string of the molecule is COc1nccc(CN2CC3CN(c4ncncc4C)CC3C2)n1. The monoisotopic (exact) mass is 326 g/mol. The van der Waals surface area contributed by atoms with Gasteiger partial charge in [-0.2, -0.15) is 4.98 Å². The van der Waals surface area contributed by atoms with Gasteiger partial charge in [-0.25, -0.2) is 15.0 Å². The van der Waals surface area contributed by atoms with Gasteiger partial charge < -0.3 is 9.64 Å². The number of aryl methyl sites for hydroxylation is 1. The predicted molar refractivity (Wildman–Crippen MR) is 89.8 cm³/mol. The fourth-order valence-electron chi connectivity index (χ4n) is 3.91. The van der Waals surface area contributed by atoms with Crippen LogP contribution in [0.25, 0.3) is 0 Å². The van der Waals surface area contributed by atoms with Gasteiger partial charge in [-0.05, 0) is 24.8 Å². The van der Waals surface area contributed by atoms with E-state index >= 15 is 0 Å². The van der Waals surface area contributed by atoms with Crippen LogP contribution in [0.3, 0.4) is 0 Å². The number of hydrogen-bond donors (Lipinski definition) is 0. The zero-order chi connectivity index (χ0) is 16.5. The Kier molecular flexibility index (Phi) is 4.02. The molecule has 24 heavy (non-hydrogen) atoms. The second-order valence-electron chi connectivity index (χ2n) is 6.68. The zero-order valence-electron chi connectivity index (χ0n) is 14.1. The molecule has 2 aliphatic heterocycles. The van der Waals surface area contributed by atoms with Crippen LogP contribution in [0, 0.1) is 18.8 Å². The Morgan fingerprint density at radius 3 is 2.67 bits per heavy atom. The van der Waals surface area contributed by atoms with Crippen molar-refractivity contribution in [3.63, 3.8) is 0 Å². The summed E-state index contributed by atoms with van der Waals surface area (Å²) in [5.41, 5.74) is 2.17. The molecular formula is C17H22N6O. The van der Waals surface area contributed by atoms with Gasteiger partial charge in [0.25, 0.3) is 0 Å². The van der Waals surface area contributed by atoms with E-state index in [-0.39, 0.29) is 0 Å². The highest BCUT2D eigenvalue weighted by Gasteiger charge is 2.40. The van der Waals surface area contributed by atoms with Gasteiger partial charge in [-0.1, -0.05) is 0 Å². The van der Waals surface area contributed by atoms with Crippen LogP contribution in [0.2, 0.25) is 0 Å². The summed E-state index contributed by atoms with van der Waals surface area (Å²) in [5.74, 6) is 2.48. The van der Waals surface area contributed by atoms with Crippen LogP contribution < -0.4 is 9.64 Å². The summed E-state index contributed by atoms with van der Waals surface area (Å²) >= 11 is 0. The molecule has 0 amide bonds. The molecule has 0 N–H and O–H groups in total. The smallest absolute Gasteiger partial charge is 0.316 e. The Labute approximate surface area is 141 Å². The lowest BCUT2D eigenvalue weighted by Gasteiger charge is -2.23. The van der Waals surface area contributed by atoms with Crippen molar-refractivity contribution in [1.29, 1.82) is 0 Å². The maximum absolute atomic E-state index is 5.11. The van der Waals surface area contributed by atoms with E-state index in [4.69, 9.17) is 4.74 Å². The molecular weight excluding hydrogens is 304 g/mol. The highest BCUT2D eigenvalue weighted by molar-refractivity contribution is 5.46. The lowest BCUT2D eigenvalue weighted by molar-refractivity contribution is 0.301. The van der Waals surface area contributed by atoms with Gasteiger partial charge in [0.2, 0.25) is 0 Å². The van der Waals surface area contributed by atoms with Crippen molar-refractivity contribution < 1.29 is 4.74 Å². The number of ether oxygens (including phenoxy) is 1. The van der Waals surface area contributed by atoms with E-state index in [1.807, 2.05) is 12.3 Å². The van der Waals surface area contributed by atoms with Crippen LogP contribution in [0.4, 0.5) is 5.82 Å². The summed E-state index contributed by atoms with van der Waals surface area (Å²) in [4.78, 5) is 21.9. The maximum Gasteiger partial charge on any atom is 0.316 e. The van der Waals surface area contributed by atoms with Gasteiger partial charge in [0.05, 0.1) is 12.8 Å². The fraction of sp³-hybridized carbons (Fsp3) is 0.529. The average molecular weight is 326 g/mol. The third-order valence-corrected chi connectivity index (χ3v) is 4.99. The molecule has 2 saturated heterocycles. The van der Waals surface area contributed by atoms with E-state index in [1.54, 1.807) is 19.6 Å². The largest absolute Gasteiger partial charge is 0.467 e. The van der Waals surface area contributed by atoms with E-state index in [0.717, 1.165) is 49.8 Å². The topological polar surface area (TPSA) is 67.3 Å². The van der Waals surface area contributed by atoms with Crippen molar-refractivity contribution in [3.05, 3.63) is 36.0 Å². The minimum atomic E-state index is 0.442. The van der Waals surface area contributed by atoms with Gasteiger partial charge in [-0.15, -0.1) is 0 Å². The first-order valence-electron chi connectivity index (χ1n) is 8.32. The van der Waals surface area contributed by atoms with Crippen molar-refractivity contribution >= 4 is 5.82 Å². The molecule has 2 unspecified atom stereocenters. The minimum Gasteiger partial charge on any atom is -0.467 e. The van der Waals surface area contributed by atoms with Crippen molar-refractivity contribution in [1.82, 2.24) is 24.8 Å².